The lowest BCUT2D eigenvalue weighted by atomic mass is 9.98. The smallest absolute Gasteiger partial charge is 0.407 e. The van der Waals surface area contributed by atoms with Crippen molar-refractivity contribution in [2.45, 2.75) is 90.0 Å². The molecule has 1 fully saturated rings. The van der Waals surface area contributed by atoms with Crippen LogP contribution in [0.5, 0.6) is 0 Å². The van der Waals surface area contributed by atoms with Crippen LogP contribution in [0.4, 0.5) is 9.18 Å². The summed E-state index contributed by atoms with van der Waals surface area (Å²) >= 11 is 0. The molecule has 2 aliphatic rings. The van der Waals surface area contributed by atoms with Gasteiger partial charge in [0.1, 0.15) is 42.6 Å². The predicted molar refractivity (Wildman–Crippen MR) is 210 cm³/mol. The average Bonchev–Trinajstić information content (AvgIpc) is 3.81. The Hall–Kier alpha value is -5.79. The number of methoxy groups -OCH3 is 1. The number of nitrogens with one attached hydrogen (secondary N) is 4. The molecule has 1 saturated heterocycles. The molecule has 5 rings (SSSR count). The van der Waals surface area contributed by atoms with Crippen molar-refractivity contribution in [2.24, 2.45) is 11.8 Å². The monoisotopic (exact) mass is 785 g/mol. The van der Waals surface area contributed by atoms with Crippen molar-refractivity contribution in [3.63, 3.8) is 0 Å². The van der Waals surface area contributed by atoms with Gasteiger partial charge >= 0.3 is 12.1 Å². The Morgan fingerprint density at radius 2 is 1.35 bits per heavy atom. The summed E-state index contributed by atoms with van der Waals surface area (Å²) in [6, 6.07) is 16.1. The van der Waals surface area contributed by atoms with E-state index in [0.717, 1.165) is 22.3 Å². The third-order valence-corrected chi connectivity index (χ3v) is 10.5. The molecule has 0 aromatic heterocycles. The van der Waals surface area contributed by atoms with Crippen LogP contribution in [-0.2, 0) is 39.9 Å². The second kappa shape index (κ2) is 18.9. The number of rotatable bonds is 15. The van der Waals surface area contributed by atoms with Gasteiger partial charge in [-0.2, -0.15) is 0 Å². The number of carbonyl (C=O) groups excluding carboxylic acids is 6. The van der Waals surface area contributed by atoms with Gasteiger partial charge in [-0.05, 0) is 71.6 Å². The van der Waals surface area contributed by atoms with Crippen molar-refractivity contribution in [2.75, 3.05) is 20.3 Å². The fourth-order valence-corrected chi connectivity index (χ4v) is 7.39. The molecule has 3 aromatic rings. The number of nitrogens with zero attached hydrogens (tertiary/aromatic N) is 1. The number of carbonyl (C=O) groups is 6. The first-order valence-electron chi connectivity index (χ1n) is 19.4. The summed E-state index contributed by atoms with van der Waals surface area (Å²) in [5, 5.41) is 10.8. The Kier molecular flexibility index (Phi) is 14.0. The number of alkyl carbamates (subject to hydrolysis) is 1. The van der Waals surface area contributed by atoms with Gasteiger partial charge in [0.25, 0.3) is 0 Å². The second-order valence-corrected chi connectivity index (χ2v) is 15.3. The number of ether oxygens (including phenoxy) is 2. The first-order chi connectivity index (χ1) is 27.2. The number of halogens is 1. The molecule has 304 valence electrons. The Balaban J connectivity index is 1.25. The molecular weight excluding hydrogens is 733 g/mol. The highest BCUT2D eigenvalue weighted by Gasteiger charge is 2.40. The van der Waals surface area contributed by atoms with Crippen LogP contribution in [0.1, 0.15) is 70.1 Å². The average molecular weight is 786 g/mol. The lowest BCUT2D eigenvalue weighted by Gasteiger charge is -2.31. The number of hydrogen-bond acceptors (Lipinski definition) is 8. The summed E-state index contributed by atoms with van der Waals surface area (Å²) in [5.41, 5.74) is 4.77. The predicted octanol–water partition coefficient (Wildman–Crippen LogP) is 4.23. The first-order valence-corrected chi connectivity index (χ1v) is 19.4. The normalized spacial score (nSPS) is 16.8. The highest BCUT2D eigenvalue weighted by molar-refractivity contribution is 5.96. The molecule has 4 N–H and O–H groups in total. The van der Waals surface area contributed by atoms with E-state index < -0.39 is 71.7 Å². The molecule has 0 bridgehead atoms. The van der Waals surface area contributed by atoms with Crippen molar-refractivity contribution in [3.05, 3.63) is 95.3 Å². The summed E-state index contributed by atoms with van der Waals surface area (Å²) in [4.78, 5) is 81.7. The Labute approximate surface area is 332 Å². The number of fused-ring (bicyclic) bond motifs is 3. The van der Waals surface area contributed by atoms with E-state index in [-0.39, 0.29) is 37.3 Å². The van der Waals surface area contributed by atoms with E-state index in [4.69, 9.17) is 9.47 Å². The number of likely N-dealkylation sites (tertiary alicyclic amines) is 1. The Bertz CT molecular complexity index is 1910. The minimum Gasteiger partial charge on any atom is -0.467 e. The minimum absolute atomic E-state index is 0.0332. The quantitative estimate of drug-likeness (QED) is 0.166. The topological polar surface area (TPSA) is 172 Å². The molecule has 1 heterocycles. The van der Waals surface area contributed by atoms with Crippen molar-refractivity contribution in [3.8, 4) is 11.1 Å². The fraction of sp³-hybridized carbons (Fsp3) is 0.442. The molecule has 0 unspecified atom stereocenters. The zero-order valence-electron chi connectivity index (χ0n) is 33.2. The molecule has 0 radical (unpaired) electrons. The number of hydrogen-bond donors (Lipinski definition) is 4. The molecule has 57 heavy (non-hydrogen) atoms. The van der Waals surface area contributed by atoms with Crippen molar-refractivity contribution in [1.29, 1.82) is 0 Å². The van der Waals surface area contributed by atoms with E-state index in [1.165, 1.54) is 43.2 Å². The fourth-order valence-electron chi connectivity index (χ4n) is 7.39. The van der Waals surface area contributed by atoms with Gasteiger partial charge in [0.15, 0.2) is 0 Å². The molecule has 3 aromatic carbocycles. The lowest BCUT2D eigenvalue weighted by molar-refractivity contribution is -0.147. The maximum atomic E-state index is 14.3. The largest absolute Gasteiger partial charge is 0.467 e. The molecule has 5 atom stereocenters. The van der Waals surface area contributed by atoms with E-state index in [1.54, 1.807) is 27.7 Å². The Morgan fingerprint density at radius 1 is 0.754 bits per heavy atom. The SMILES string of the molecule is COC(=O)[C@@H](NC(=O)[C@@H](NC(=O)[C@@H]1CCCN1C(=O)[C@H](Cc1ccc(F)cc1)NC(=O)[C@H](C)NC(=O)OCC1c2ccccc2-c2ccccc21)C(C)C)C(C)C. The molecular formula is C43H52FN5O8. The maximum absolute atomic E-state index is 14.3. The molecule has 13 nitrogen and oxygen atoms in total. The van der Waals surface area contributed by atoms with Gasteiger partial charge in [0.05, 0.1) is 7.11 Å². The number of amides is 5. The minimum atomic E-state index is -1.20. The molecule has 14 heteroatoms. The van der Waals surface area contributed by atoms with Gasteiger partial charge in [-0.3, -0.25) is 19.2 Å². The summed E-state index contributed by atoms with van der Waals surface area (Å²) in [6.07, 6.45) is -0.0594. The number of benzene rings is 3. The van der Waals surface area contributed by atoms with Crippen molar-refractivity contribution in [1.82, 2.24) is 26.2 Å². The van der Waals surface area contributed by atoms with E-state index in [2.05, 4.69) is 21.3 Å². The van der Waals surface area contributed by atoms with E-state index >= 15 is 0 Å². The highest BCUT2D eigenvalue weighted by Crippen LogP contribution is 2.44. The second-order valence-electron chi connectivity index (χ2n) is 15.3. The van der Waals surface area contributed by atoms with Crippen molar-refractivity contribution < 1.29 is 42.6 Å². The van der Waals surface area contributed by atoms with Crippen LogP contribution >= 0.6 is 0 Å². The van der Waals surface area contributed by atoms with Gasteiger partial charge in [-0.15, -0.1) is 0 Å². The Morgan fingerprint density at radius 3 is 1.93 bits per heavy atom. The third-order valence-electron chi connectivity index (χ3n) is 10.5. The van der Waals surface area contributed by atoms with Crippen molar-refractivity contribution >= 4 is 35.7 Å². The standard InChI is InChI=1S/C43H52FN5O8/c1-24(2)36(40(52)48-37(25(3)4)42(54)56-6)47-39(51)35-16-11-21-49(35)41(53)34(22-27-17-19-28(44)20-18-27)46-38(50)26(5)45-43(55)57-23-33-31-14-9-7-12-29(31)30-13-8-10-15-32(30)33/h7-10,12-15,17-20,24-26,33-37H,11,16,21-23H2,1-6H3,(H,45,55)(H,46,50)(H,47,51)(H,48,52)/t26-,34-,35-,36-,37-/m0/s1. The van der Waals surface area contributed by atoms with E-state index in [9.17, 15) is 33.2 Å². The van der Waals surface area contributed by atoms with Crippen LogP contribution < -0.4 is 21.3 Å². The molecule has 0 saturated carbocycles. The van der Waals surface area contributed by atoms with Crippen LogP contribution in [0.25, 0.3) is 11.1 Å². The van der Waals surface area contributed by atoms with Gasteiger partial charge in [0, 0.05) is 18.9 Å². The molecule has 1 aliphatic heterocycles. The summed E-state index contributed by atoms with van der Waals surface area (Å²) in [7, 11) is 1.23. The summed E-state index contributed by atoms with van der Waals surface area (Å²) < 4.78 is 24.3. The van der Waals surface area contributed by atoms with Gasteiger partial charge in [-0.25, -0.2) is 14.0 Å². The van der Waals surface area contributed by atoms with Crippen LogP contribution in [0, 0.1) is 17.7 Å². The zero-order valence-corrected chi connectivity index (χ0v) is 33.2. The summed E-state index contributed by atoms with van der Waals surface area (Å²) in [5.74, 6) is -4.30. The first kappa shape index (κ1) is 42.4. The number of esters is 1. The zero-order chi connectivity index (χ0) is 41.4. The lowest BCUT2D eigenvalue weighted by Crippen LogP contribution is -2.59. The van der Waals surface area contributed by atoms with E-state index in [0.29, 0.717) is 18.4 Å². The third kappa shape index (κ3) is 10.2. The molecule has 5 amide bonds. The molecule has 1 aliphatic carbocycles. The molecule has 0 spiro atoms. The van der Waals surface area contributed by atoms with Gasteiger partial charge < -0.3 is 35.6 Å². The summed E-state index contributed by atoms with van der Waals surface area (Å²) in [6.45, 7) is 8.72. The van der Waals surface area contributed by atoms with Gasteiger partial charge in [-0.1, -0.05) is 88.4 Å². The van der Waals surface area contributed by atoms with Crippen LogP contribution in [0.15, 0.2) is 72.8 Å². The van der Waals surface area contributed by atoms with E-state index in [1.807, 2.05) is 48.5 Å². The van der Waals surface area contributed by atoms with Gasteiger partial charge in [0.2, 0.25) is 23.6 Å². The van der Waals surface area contributed by atoms with Crippen LogP contribution in [0.3, 0.4) is 0 Å². The maximum Gasteiger partial charge on any atom is 0.407 e. The van der Waals surface area contributed by atoms with Crippen LogP contribution in [0.2, 0.25) is 0 Å². The van der Waals surface area contributed by atoms with Crippen LogP contribution in [-0.4, -0.2) is 91.1 Å². The highest BCUT2D eigenvalue weighted by atomic mass is 19.1.